The number of benzene rings is 1. The Kier molecular flexibility index (Phi) is 5.83. The lowest BCUT2D eigenvalue weighted by atomic mass is 10.3. The van der Waals surface area contributed by atoms with Gasteiger partial charge in [-0.05, 0) is 46.9 Å². The Bertz CT molecular complexity index is 977. The second-order valence-electron chi connectivity index (χ2n) is 4.92. The first-order chi connectivity index (χ1) is 12.0. The van der Waals surface area contributed by atoms with E-state index in [1.807, 2.05) is 12.1 Å². The van der Waals surface area contributed by atoms with Crippen molar-refractivity contribution in [3.8, 4) is 11.4 Å². The number of ether oxygens (including phenoxy) is 1. The summed E-state index contributed by atoms with van der Waals surface area (Å²) in [5, 5.41) is 4.71. The van der Waals surface area contributed by atoms with Crippen molar-refractivity contribution in [3.63, 3.8) is 0 Å². The zero-order chi connectivity index (χ0) is 18.0. The molecule has 0 fully saturated rings. The highest BCUT2D eigenvalue weighted by Gasteiger charge is 2.13. The first-order valence-electron chi connectivity index (χ1n) is 6.92. The van der Waals surface area contributed by atoms with Gasteiger partial charge >= 0.3 is 0 Å². The molecule has 128 valence electrons. The third kappa shape index (κ3) is 4.25. The van der Waals surface area contributed by atoms with Crippen LogP contribution in [0.5, 0.6) is 5.75 Å². The van der Waals surface area contributed by atoms with Crippen molar-refractivity contribution < 1.29 is 4.74 Å². The van der Waals surface area contributed by atoms with Gasteiger partial charge < -0.3 is 4.74 Å². The maximum absolute atomic E-state index is 12.4. The second-order valence-corrected chi connectivity index (χ2v) is 7.21. The van der Waals surface area contributed by atoms with Crippen LogP contribution in [0.1, 0.15) is 5.56 Å². The van der Waals surface area contributed by atoms with E-state index in [1.165, 1.54) is 12.3 Å². The van der Waals surface area contributed by atoms with E-state index in [1.54, 1.807) is 18.3 Å². The lowest BCUT2D eigenvalue weighted by Gasteiger charge is -2.10. The lowest BCUT2D eigenvalue weighted by Crippen LogP contribution is -2.22. The molecule has 0 N–H and O–H groups in total. The van der Waals surface area contributed by atoms with Crippen LogP contribution in [0.2, 0.25) is 15.1 Å². The van der Waals surface area contributed by atoms with Crippen molar-refractivity contribution in [2.24, 2.45) is 0 Å². The molecule has 0 unspecified atom stereocenters. The van der Waals surface area contributed by atoms with Crippen molar-refractivity contribution in [1.29, 1.82) is 0 Å². The van der Waals surface area contributed by atoms with Crippen LogP contribution < -0.4 is 10.3 Å². The lowest BCUT2D eigenvalue weighted by molar-refractivity contribution is 0.303. The van der Waals surface area contributed by atoms with E-state index < -0.39 is 5.56 Å². The number of nitrogens with zero attached hydrogens (tertiary/aromatic N) is 3. The van der Waals surface area contributed by atoms with Crippen molar-refractivity contribution in [2.75, 3.05) is 0 Å². The monoisotopic (exact) mass is 507 g/mol. The molecule has 9 heteroatoms. The summed E-state index contributed by atoms with van der Waals surface area (Å²) >= 11 is 20.1. The third-order valence-electron chi connectivity index (χ3n) is 3.22. The molecule has 2 aromatic heterocycles. The number of hydrogen-bond acceptors (Lipinski definition) is 4. The predicted octanol–water partition coefficient (Wildman–Crippen LogP) is 4.77. The van der Waals surface area contributed by atoms with Crippen molar-refractivity contribution in [1.82, 2.24) is 14.8 Å². The summed E-state index contributed by atoms with van der Waals surface area (Å²) in [6.45, 7) is 0.224. The molecule has 0 amide bonds. The summed E-state index contributed by atoms with van der Waals surface area (Å²) in [5.74, 6) is 0.196. The Morgan fingerprint density at radius 2 is 1.88 bits per heavy atom. The minimum atomic E-state index is -0.515. The minimum absolute atomic E-state index is 0.0699. The topological polar surface area (TPSA) is 57.0 Å². The highest BCUT2D eigenvalue weighted by molar-refractivity contribution is 14.1. The minimum Gasteiger partial charge on any atom is -0.485 e. The molecule has 0 bridgehead atoms. The molecule has 0 saturated carbocycles. The highest BCUT2D eigenvalue weighted by atomic mass is 127. The van der Waals surface area contributed by atoms with Gasteiger partial charge in [-0.25, -0.2) is 4.98 Å². The summed E-state index contributed by atoms with van der Waals surface area (Å²) < 4.78 is 7.59. The van der Waals surface area contributed by atoms with Gasteiger partial charge in [-0.3, -0.25) is 4.79 Å². The van der Waals surface area contributed by atoms with Crippen LogP contribution in [0.3, 0.4) is 0 Å². The fraction of sp³-hybridized carbons (Fsp3) is 0.0625. The molecule has 3 rings (SSSR count). The summed E-state index contributed by atoms with van der Waals surface area (Å²) in [6.07, 6.45) is 3.08. The standard InChI is InChI=1S/C16H9Cl3IN3O2/c17-11-3-2-10(5-12(11)18)23-16(24)15(19)13(7-22-23)25-8-9-1-4-14(20)21-6-9/h1-7H,8H2. The average molecular weight is 509 g/mol. The fourth-order valence-corrected chi connectivity index (χ4v) is 2.77. The van der Waals surface area contributed by atoms with Crippen LogP contribution in [0.25, 0.3) is 5.69 Å². The zero-order valence-electron chi connectivity index (χ0n) is 12.4. The van der Waals surface area contributed by atoms with Gasteiger partial charge in [0.2, 0.25) is 0 Å². The summed E-state index contributed by atoms with van der Waals surface area (Å²) in [5.41, 5.74) is 0.790. The largest absolute Gasteiger partial charge is 0.485 e. The second kappa shape index (κ2) is 7.90. The highest BCUT2D eigenvalue weighted by Crippen LogP contribution is 2.25. The van der Waals surface area contributed by atoms with E-state index in [0.29, 0.717) is 15.7 Å². The number of pyridine rings is 1. The molecule has 0 aliphatic heterocycles. The van der Waals surface area contributed by atoms with Crippen LogP contribution in [0, 0.1) is 3.70 Å². The molecule has 0 radical (unpaired) electrons. The SMILES string of the molecule is O=c1c(Cl)c(OCc2ccc(I)nc2)cnn1-c1ccc(Cl)c(Cl)c1. The van der Waals surface area contributed by atoms with Gasteiger partial charge in [0.15, 0.2) is 10.8 Å². The maximum atomic E-state index is 12.4. The quantitative estimate of drug-likeness (QED) is 0.376. The number of rotatable bonds is 4. The molecule has 1 aromatic carbocycles. The van der Waals surface area contributed by atoms with Gasteiger partial charge in [0.25, 0.3) is 5.56 Å². The molecule has 0 spiro atoms. The molecule has 5 nitrogen and oxygen atoms in total. The van der Waals surface area contributed by atoms with Crippen molar-refractivity contribution >= 4 is 57.4 Å². The smallest absolute Gasteiger partial charge is 0.294 e. The van der Waals surface area contributed by atoms with Crippen molar-refractivity contribution in [2.45, 2.75) is 6.61 Å². The van der Waals surface area contributed by atoms with Crippen LogP contribution in [-0.2, 0) is 6.61 Å². The maximum Gasteiger partial charge on any atom is 0.294 e. The van der Waals surface area contributed by atoms with Gasteiger partial charge in [-0.1, -0.05) is 40.9 Å². The van der Waals surface area contributed by atoms with Gasteiger partial charge in [0.1, 0.15) is 10.3 Å². The van der Waals surface area contributed by atoms with Crippen LogP contribution in [0.4, 0.5) is 0 Å². The predicted molar refractivity (Wildman–Crippen MR) is 106 cm³/mol. The van der Waals surface area contributed by atoms with Crippen LogP contribution in [-0.4, -0.2) is 14.8 Å². The fourth-order valence-electron chi connectivity index (χ4n) is 1.97. The van der Waals surface area contributed by atoms with Gasteiger partial charge in [0, 0.05) is 11.8 Å². The first kappa shape index (κ1) is 18.4. The Balaban J connectivity index is 1.86. The van der Waals surface area contributed by atoms with E-state index in [4.69, 9.17) is 39.5 Å². The number of hydrogen-bond donors (Lipinski definition) is 0. The molecular formula is C16H9Cl3IN3O2. The molecule has 0 atom stereocenters. The van der Waals surface area contributed by atoms with E-state index >= 15 is 0 Å². The summed E-state index contributed by atoms with van der Waals surface area (Å²) in [7, 11) is 0. The molecule has 0 saturated heterocycles. The molecule has 2 heterocycles. The number of halogens is 4. The van der Waals surface area contributed by atoms with E-state index in [0.717, 1.165) is 13.9 Å². The Labute approximate surface area is 171 Å². The third-order valence-corrected chi connectivity index (χ3v) is 4.94. The normalized spacial score (nSPS) is 10.7. The Hall–Kier alpha value is -1.35. The average Bonchev–Trinajstić information content (AvgIpc) is 2.60. The van der Waals surface area contributed by atoms with Crippen LogP contribution in [0.15, 0.2) is 47.5 Å². The Morgan fingerprint density at radius 1 is 1.08 bits per heavy atom. The molecule has 3 aromatic rings. The molecular weight excluding hydrogens is 499 g/mol. The number of aromatic nitrogens is 3. The first-order valence-corrected chi connectivity index (χ1v) is 9.13. The van der Waals surface area contributed by atoms with Crippen molar-refractivity contribution in [3.05, 3.63) is 77.4 Å². The Morgan fingerprint density at radius 3 is 2.56 bits per heavy atom. The van der Waals surface area contributed by atoms with E-state index in [-0.39, 0.29) is 17.4 Å². The molecule has 0 aliphatic carbocycles. The van der Waals surface area contributed by atoms with E-state index in [9.17, 15) is 4.79 Å². The van der Waals surface area contributed by atoms with E-state index in [2.05, 4.69) is 32.7 Å². The zero-order valence-corrected chi connectivity index (χ0v) is 16.8. The van der Waals surface area contributed by atoms with Gasteiger partial charge in [0.05, 0.1) is 21.9 Å². The van der Waals surface area contributed by atoms with Crippen LogP contribution >= 0.6 is 57.4 Å². The van der Waals surface area contributed by atoms with Gasteiger partial charge in [-0.15, -0.1) is 0 Å². The summed E-state index contributed by atoms with van der Waals surface area (Å²) in [4.78, 5) is 16.6. The van der Waals surface area contributed by atoms with Gasteiger partial charge in [-0.2, -0.15) is 9.78 Å². The summed E-state index contributed by atoms with van der Waals surface area (Å²) in [6, 6.07) is 8.48. The molecule has 0 aliphatic rings. The molecule has 25 heavy (non-hydrogen) atoms.